The molecule has 1 heterocycles. The number of rotatable bonds is 4. The Labute approximate surface area is 72.3 Å². The molecule has 0 aliphatic heterocycles. The van der Waals surface area contributed by atoms with Gasteiger partial charge in [0.05, 0.1) is 12.3 Å². The fourth-order valence-corrected chi connectivity index (χ4v) is 1.07. The third-order valence-corrected chi connectivity index (χ3v) is 1.64. The van der Waals surface area contributed by atoms with Crippen LogP contribution in [0.15, 0.2) is 6.07 Å². The maximum atomic E-state index is 5.54. The van der Waals surface area contributed by atoms with Crippen LogP contribution in [0.4, 0.5) is 5.82 Å². The normalized spacial score (nSPS) is 10.5. The van der Waals surface area contributed by atoms with Gasteiger partial charge in [0.15, 0.2) is 0 Å². The first-order chi connectivity index (χ1) is 5.77. The Hall–Kier alpha value is -1.03. The van der Waals surface area contributed by atoms with Gasteiger partial charge >= 0.3 is 0 Å². The van der Waals surface area contributed by atoms with E-state index in [4.69, 9.17) is 10.5 Å². The minimum atomic E-state index is 0.562. The Kier molecular flexibility index (Phi) is 3.10. The molecular formula is C8H15N3O. The van der Waals surface area contributed by atoms with E-state index in [2.05, 4.69) is 5.10 Å². The van der Waals surface area contributed by atoms with E-state index in [1.54, 1.807) is 0 Å². The Morgan fingerprint density at radius 2 is 2.33 bits per heavy atom. The molecule has 1 aromatic rings. The number of aryl methyl sites for hydroxylation is 1. The van der Waals surface area contributed by atoms with Crippen molar-refractivity contribution in [2.75, 3.05) is 12.3 Å². The number of nitrogens with two attached hydrogens (primary N) is 1. The maximum Gasteiger partial charge on any atom is 0.145 e. The van der Waals surface area contributed by atoms with Crippen molar-refractivity contribution in [1.29, 1.82) is 0 Å². The average Bonchev–Trinajstić information content (AvgIpc) is 2.42. The van der Waals surface area contributed by atoms with Gasteiger partial charge in [-0.3, -0.25) is 4.68 Å². The fourth-order valence-electron chi connectivity index (χ4n) is 1.07. The van der Waals surface area contributed by atoms with Crippen LogP contribution in [0.1, 0.15) is 19.5 Å². The number of aromatic nitrogens is 2. The summed E-state index contributed by atoms with van der Waals surface area (Å²) in [5, 5.41) is 4.10. The largest absolute Gasteiger partial charge is 0.382 e. The average molecular weight is 169 g/mol. The smallest absolute Gasteiger partial charge is 0.145 e. The summed E-state index contributed by atoms with van der Waals surface area (Å²) in [6.07, 6.45) is 0. The van der Waals surface area contributed by atoms with E-state index in [0.717, 1.165) is 18.8 Å². The summed E-state index contributed by atoms with van der Waals surface area (Å²) in [5.74, 6) is 0.562. The van der Waals surface area contributed by atoms with Crippen LogP contribution in [0.5, 0.6) is 0 Å². The molecule has 1 aromatic heterocycles. The van der Waals surface area contributed by atoms with E-state index >= 15 is 0 Å². The van der Waals surface area contributed by atoms with E-state index in [1.807, 2.05) is 24.6 Å². The lowest BCUT2D eigenvalue weighted by molar-refractivity contribution is 0.128. The van der Waals surface area contributed by atoms with E-state index in [0.29, 0.717) is 12.4 Å². The summed E-state index contributed by atoms with van der Waals surface area (Å²) < 4.78 is 7.11. The van der Waals surface area contributed by atoms with Crippen LogP contribution >= 0.6 is 0 Å². The molecule has 1 rings (SSSR count). The van der Waals surface area contributed by atoms with Crippen LogP contribution in [-0.4, -0.2) is 16.4 Å². The Balaban J connectivity index is 2.68. The summed E-state index contributed by atoms with van der Waals surface area (Å²) in [6, 6.07) is 1.85. The molecule has 0 fully saturated rings. The molecule has 0 radical (unpaired) electrons. The van der Waals surface area contributed by atoms with Gasteiger partial charge in [-0.1, -0.05) is 0 Å². The van der Waals surface area contributed by atoms with Gasteiger partial charge in [0.1, 0.15) is 5.82 Å². The summed E-state index contributed by atoms with van der Waals surface area (Å²) in [7, 11) is 0. The lowest BCUT2D eigenvalue weighted by atomic mass is 10.4. The molecule has 0 aliphatic carbocycles. The minimum Gasteiger partial charge on any atom is -0.382 e. The molecule has 0 amide bonds. The van der Waals surface area contributed by atoms with Crippen LogP contribution in [0.3, 0.4) is 0 Å². The van der Waals surface area contributed by atoms with Crippen molar-refractivity contribution in [3.8, 4) is 0 Å². The van der Waals surface area contributed by atoms with Crippen LogP contribution < -0.4 is 5.73 Å². The van der Waals surface area contributed by atoms with Crippen molar-refractivity contribution in [2.45, 2.75) is 27.0 Å². The highest BCUT2D eigenvalue weighted by Gasteiger charge is 2.02. The molecular weight excluding hydrogens is 154 g/mol. The van der Waals surface area contributed by atoms with Crippen molar-refractivity contribution < 1.29 is 4.74 Å². The second-order valence-corrected chi connectivity index (χ2v) is 2.51. The lowest BCUT2D eigenvalue weighted by Gasteiger charge is -2.03. The molecule has 2 N–H and O–H groups in total. The molecule has 68 valence electrons. The molecule has 0 bridgehead atoms. The number of ether oxygens (including phenoxy) is 1. The Morgan fingerprint density at radius 3 is 2.92 bits per heavy atom. The Morgan fingerprint density at radius 1 is 1.58 bits per heavy atom. The standard InChI is InChI=1S/C8H15N3O/c1-3-11-7(6-12-4-2)5-8(9)10-11/h5H,3-4,6H2,1-2H3,(H2,9,10). The van der Waals surface area contributed by atoms with E-state index in [-0.39, 0.29) is 0 Å². The minimum absolute atomic E-state index is 0.562. The second-order valence-electron chi connectivity index (χ2n) is 2.51. The highest BCUT2D eigenvalue weighted by atomic mass is 16.5. The topological polar surface area (TPSA) is 53.1 Å². The van der Waals surface area contributed by atoms with E-state index in [9.17, 15) is 0 Å². The van der Waals surface area contributed by atoms with Gasteiger partial charge in [0.25, 0.3) is 0 Å². The van der Waals surface area contributed by atoms with E-state index in [1.165, 1.54) is 0 Å². The summed E-state index contributed by atoms with van der Waals surface area (Å²) in [4.78, 5) is 0. The van der Waals surface area contributed by atoms with Gasteiger partial charge in [0, 0.05) is 19.2 Å². The number of hydrogen-bond donors (Lipinski definition) is 1. The zero-order valence-corrected chi connectivity index (χ0v) is 7.58. The molecule has 0 spiro atoms. The van der Waals surface area contributed by atoms with Crippen molar-refractivity contribution in [3.63, 3.8) is 0 Å². The van der Waals surface area contributed by atoms with Gasteiger partial charge in [-0.05, 0) is 13.8 Å². The molecule has 0 aromatic carbocycles. The number of hydrogen-bond acceptors (Lipinski definition) is 3. The third kappa shape index (κ3) is 1.98. The third-order valence-electron chi connectivity index (χ3n) is 1.64. The summed E-state index contributed by atoms with van der Waals surface area (Å²) in [6.45, 7) is 6.14. The highest BCUT2D eigenvalue weighted by Crippen LogP contribution is 2.06. The first-order valence-corrected chi connectivity index (χ1v) is 4.17. The number of nitrogens with zero attached hydrogens (tertiary/aromatic N) is 2. The molecule has 0 atom stereocenters. The van der Waals surface area contributed by atoms with Gasteiger partial charge in [-0.25, -0.2) is 0 Å². The Bertz CT molecular complexity index is 244. The highest BCUT2D eigenvalue weighted by molar-refractivity contribution is 5.29. The van der Waals surface area contributed by atoms with E-state index < -0.39 is 0 Å². The zero-order valence-electron chi connectivity index (χ0n) is 7.58. The second kappa shape index (κ2) is 4.11. The van der Waals surface area contributed by atoms with Crippen molar-refractivity contribution in [3.05, 3.63) is 11.8 Å². The summed E-state index contributed by atoms with van der Waals surface area (Å²) in [5.41, 5.74) is 6.58. The van der Waals surface area contributed by atoms with Crippen LogP contribution in [0.2, 0.25) is 0 Å². The summed E-state index contributed by atoms with van der Waals surface area (Å²) >= 11 is 0. The number of anilines is 1. The van der Waals surface area contributed by atoms with Crippen molar-refractivity contribution in [2.24, 2.45) is 0 Å². The van der Waals surface area contributed by atoms with Crippen LogP contribution in [0.25, 0.3) is 0 Å². The van der Waals surface area contributed by atoms with Gasteiger partial charge in [0.2, 0.25) is 0 Å². The number of nitrogen functional groups attached to an aromatic ring is 1. The predicted octanol–water partition coefficient (Wildman–Crippen LogP) is 1.02. The van der Waals surface area contributed by atoms with Gasteiger partial charge in [-0.2, -0.15) is 5.10 Å². The molecule has 0 saturated carbocycles. The first kappa shape index (κ1) is 9.06. The first-order valence-electron chi connectivity index (χ1n) is 4.17. The molecule has 0 aliphatic rings. The SMILES string of the molecule is CCOCc1cc(N)nn1CC. The fraction of sp³-hybridized carbons (Fsp3) is 0.625. The van der Waals surface area contributed by atoms with Crippen molar-refractivity contribution in [1.82, 2.24) is 9.78 Å². The van der Waals surface area contributed by atoms with Gasteiger partial charge in [-0.15, -0.1) is 0 Å². The van der Waals surface area contributed by atoms with Crippen LogP contribution in [0, 0.1) is 0 Å². The lowest BCUT2D eigenvalue weighted by Crippen LogP contribution is -2.04. The molecule has 0 saturated heterocycles. The zero-order chi connectivity index (χ0) is 8.97. The maximum absolute atomic E-state index is 5.54. The predicted molar refractivity (Wildman–Crippen MR) is 47.6 cm³/mol. The molecule has 12 heavy (non-hydrogen) atoms. The molecule has 4 nitrogen and oxygen atoms in total. The van der Waals surface area contributed by atoms with Crippen LogP contribution in [-0.2, 0) is 17.9 Å². The quantitative estimate of drug-likeness (QED) is 0.732. The molecule has 0 unspecified atom stereocenters. The monoisotopic (exact) mass is 169 g/mol. The van der Waals surface area contributed by atoms with Gasteiger partial charge < -0.3 is 10.5 Å². The molecule has 4 heteroatoms. The van der Waals surface area contributed by atoms with Crippen molar-refractivity contribution >= 4 is 5.82 Å².